The molecule has 1 aromatic rings. The summed E-state index contributed by atoms with van der Waals surface area (Å²) in [5.74, 6) is 1.15. The first-order chi connectivity index (χ1) is 9.88. The maximum Gasteiger partial charge on any atom is 0.216 e. The lowest BCUT2D eigenvalue weighted by molar-refractivity contribution is 0.257. The van der Waals surface area contributed by atoms with E-state index >= 15 is 0 Å². The predicted octanol–water partition coefficient (Wildman–Crippen LogP) is 2.42. The molecule has 4 nitrogen and oxygen atoms in total. The Hall–Kier alpha value is -0.910. The molecule has 0 heterocycles. The standard InChI is InChI=1S/C16H25NO3S/c1-12-7-13(2)9-16(8-12)17-21(19,20)11-15-5-3-14(10-18)4-6-15/h3-6,12-13,16-18H,7-11H2,1-2H3. The zero-order chi connectivity index (χ0) is 15.5. The molecule has 2 unspecified atom stereocenters. The van der Waals surface area contributed by atoms with Gasteiger partial charge in [0.05, 0.1) is 12.4 Å². The van der Waals surface area contributed by atoms with Crippen molar-refractivity contribution in [1.29, 1.82) is 0 Å². The summed E-state index contributed by atoms with van der Waals surface area (Å²) in [4.78, 5) is 0. The van der Waals surface area contributed by atoms with Crippen molar-refractivity contribution >= 4 is 10.0 Å². The van der Waals surface area contributed by atoms with Gasteiger partial charge < -0.3 is 5.11 Å². The van der Waals surface area contributed by atoms with Gasteiger partial charge in [0.1, 0.15) is 0 Å². The van der Waals surface area contributed by atoms with E-state index in [2.05, 4.69) is 18.6 Å². The van der Waals surface area contributed by atoms with Crippen LogP contribution < -0.4 is 4.72 Å². The molecular weight excluding hydrogens is 286 g/mol. The van der Waals surface area contributed by atoms with Gasteiger partial charge in [0.2, 0.25) is 10.0 Å². The van der Waals surface area contributed by atoms with E-state index in [0.717, 1.165) is 24.0 Å². The van der Waals surface area contributed by atoms with Crippen molar-refractivity contribution in [1.82, 2.24) is 4.72 Å². The molecule has 1 saturated carbocycles. The smallest absolute Gasteiger partial charge is 0.216 e. The van der Waals surface area contributed by atoms with Gasteiger partial charge in [-0.2, -0.15) is 0 Å². The SMILES string of the molecule is CC1CC(C)CC(NS(=O)(=O)Cc2ccc(CO)cc2)C1. The number of nitrogens with one attached hydrogen (secondary N) is 1. The fraction of sp³-hybridized carbons (Fsp3) is 0.625. The minimum atomic E-state index is -3.31. The second-order valence-corrected chi connectivity index (χ2v) is 8.22. The molecule has 0 saturated heterocycles. The van der Waals surface area contributed by atoms with Crippen LogP contribution in [0.25, 0.3) is 0 Å². The third kappa shape index (κ3) is 5.09. The van der Waals surface area contributed by atoms with E-state index in [4.69, 9.17) is 5.11 Å². The van der Waals surface area contributed by atoms with Crippen molar-refractivity contribution < 1.29 is 13.5 Å². The van der Waals surface area contributed by atoms with Gasteiger partial charge in [-0.1, -0.05) is 38.1 Å². The quantitative estimate of drug-likeness (QED) is 0.877. The molecule has 118 valence electrons. The zero-order valence-electron chi connectivity index (χ0n) is 12.7. The largest absolute Gasteiger partial charge is 0.392 e. The second-order valence-electron chi connectivity index (χ2n) is 6.47. The number of aliphatic hydroxyl groups is 1. The zero-order valence-corrected chi connectivity index (χ0v) is 13.6. The van der Waals surface area contributed by atoms with Crippen LogP contribution in [0.5, 0.6) is 0 Å². The molecule has 0 spiro atoms. The van der Waals surface area contributed by atoms with E-state index in [-0.39, 0.29) is 18.4 Å². The minimum Gasteiger partial charge on any atom is -0.392 e. The molecular formula is C16H25NO3S. The highest BCUT2D eigenvalue weighted by Gasteiger charge is 2.27. The van der Waals surface area contributed by atoms with Gasteiger partial charge in [0, 0.05) is 6.04 Å². The summed E-state index contributed by atoms with van der Waals surface area (Å²) < 4.78 is 27.4. The fourth-order valence-electron chi connectivity index (χ4n) is 3.30. The van der Waals surface area contributed by atoms with Crippen LogP contribution >= 0.6 is 0 Å². The molecule has 2 rings (SSSR count). The van der Waals surface area contributed by atoms with E-state index in [1.165, 1.54) is 6.42 Å². The maximum atomic E-state index is 12.3. The van der Waals surface area contributed by atoms with E-state index < -0.39 is 10.0 Å². The summed E-state index contributed by atoms with van der Waals surface area (Å²) in [5.41, 5.74) is 1.54. The van der Waals surface area contributed by atoms with E-state index in [1.807, 2.05) is 0 Å². The first-order valence-electron chi connectivity index (χ1n) is 7.56. The van der Waals surface area contributed by atoms with Gasteiger partial charge in [-0.15, -0.1) is 0 Å². The molecule has 5 heteroatoms. The van der Waals surface area contributed by atoms with Crippen molar-refractivity contribution in [2.24, 2.45) is 11.8 Å². The van der Waals surface area contributed by atoms with Crippen LogP contribution in [0.3, 0.4) is 0 Å². The average molecular weight is 311 g/mol. The fourth-order valence-corrected chi connectivity index (χ4v) is 4.71. The van der Waals surface area contributed by atoms with Crippen molar-refractivity contribution in [2.75, 3.05) is 0 Å². The molecule has 0 radical (unpaired) electrons. The molecule has 1 aliphatic carbocycles. The molecule has 0 aliphatic heterocycles. The number of benzene rings is 1. The molecule has 0 bridgehead atoms. The summed E-state index contributed by atoms with van der Waals surface area (Å²) in [6.45, 7) is 4.35. The Morgan fingerprint density at radius 2 is 1.57 bits per heavy atom. The van der Waals surface area contributed by atoms with Crippen molar-refractivity contribution in [3.63, 3.8) is 0 Å². The highest BCUT2D eigenvalue weighted by atomic mass is 32.2. The maximum absolute atomic E-state index is 12.3. The normalized spacial score (nSPS) is 26.7. The Kier molecular flexibility index (Phi) is 5.41. The number of aliphatic hydroxyl groups excluding tert-OH is 1. The van der Waals surface area contributed by atoms with Crippen LogP contribution in [0.2, 0.25) is 0 Å². The Morgan fingerprint density at radius 3 is 2.10 bits per heavy atom. The number of sulfonamides is 1. The van der Waals surface area contributed by atoms with Gasteiger partial charge in [0.25, 0.3) is 0 Å². The van der Waals surface area contributed by atoms with E-state index in [1.54, 1.807) is 24.3 Å². The second kappa shape index (κ2) is 6.90. The number of rotatable bonds is 5. The summed E-state index contributed by atoms with van der Waals surface area (Å²) in [5, 5.41) is 9.00. The molecule has 2 N–H and O–H groups in total. The van der Waals surface area contributed by atoms with Crippen LogP contribution in [0.4, 0.5) is 0 Å². The highest BCUT2D eigenvalue weighted by molar-refractivity contribution is 7.88. The van der Waals surface area contributed by atoms with Crippen LogP contribution in [-0.4, -0.2) is 19.6 Å². The van der Waals surface area contributed by atoms with Gasteiger partial charge in [-0.3, -0.25) is 0 Å². The van der Waals surface area contributed by atoms with Gasteiger partial charge in [-0.05, 0) is 42.2 Å². The molecule has 0 amide bonds. The minimum absolute atomic E-state index is 0.00201. The van der Waals surface area contributed by atoms with E-state index in [9.17, 15) is 8.42 Å². The summed E-state index contributed by atoms with van der Waals surface area (Å²) in [6.07, 6.45) is 3.03. The molecule has 0 aromatic heterocycles. The molecule has 1 fully saturated rings. The van der Waals surface area contributed by atoms with Crippen LogP contribution in [-0.2, 0) is 22.4 Å². The lowest BCUT2D eigenvalue weighted by atomic mass is 9.81. The summed E-state index contributed by atoms with van der Waals surface area (Å²) in [6, 6.07) is 7.10. The predicted molar refractivity (Wildman–Crippen MR) is 84.1 cm³/mol. The first kappa shape index (κ1) is 16.5. The third-order valence-corrected chi connectivity index (χ3v) is 5.49. The van der Waals surface area contributed by atoms with Crippen molar-refractivity contribution in [3.8, 4) is 0 Å². The Morgan fingerprint density at radius 1 is 1.05 bits per heavy atom. The third-order valence-electron chi connectivity index (χ3n) is 4.09. The molecule has 1 aromatic carbocycles. The van der Waals surface area contributed by atoms with Gasteiger partial charge >= 0.3 is 0 Å². The first-order valence-corrected chi connectivity index (χ1v) is 9.22. The highest BCUT2D eigenvalue weighted by Crippen LogP contribution is 2.29. The monoisotopic (exact) mass is 311 g/mol. The average Bonchev–Trinajstić information content (AvgIpc) is 2.37. The van der Waals surface area contributed by atoms with Crippen LogP contribution in [0.15, 0.2) is 24.3 Å². The number of hydrogen-bond donors (Lipinski definition) is 2. The lowest BCUT2D eigenvalue weighted by Gasteiger charge is -2.31. The Labute approximate surface area is 127 Å². The van der Waals surface area contributed by atoms with Crippen molar-refractivity contribution in [2.45, 2.75) is 51.5 Å². The van der Waals surface area contributed by atoms with Crippen LogP contribution in [0.1, 0.15) is 44.2 Å². The number of hydrogen-bond acceptors (Lipinski definition) is 3. The molecule has 2 atom stereocenters. The topological polar surface area (TPSA) is 66.4 Å². The van der Waals surface area contributed by atoms with Gasteiger partial charge in [0.15, 0.2) is 0 Å². The van der Waals surface area contributed by atoms with Crippen LogP contribution in [0, 0.1) is 11.8 Å². The molecule has 21 heavy (non-hydrogen) atoms. The Bertz CT molecular complexity index is 543. The summed E-state index contributed by atoms with van der Waals surface area (Å²) in [7, 11) is -3.31. The summed E-state index contributed by atoms with van der Waals surface area (Å²) >= 11 is 0. The van der Waals surface area contributed by atoms with Crippen molar-refractivity contribution in [3.05, 3.63) is 35.4 Å². The van der Waals surface area contributed by atoms with E-state index in [0.29, 0.717) is 11.8 Å². The van der Waals surface area contributed by atoms with Gasteiger partial charge in [-0.25, -0.2) is 13.1 Å². The lowest BCUT2D eigenvalue weighted by Crippen LogP contribution is -2.40. The Balaban J connectivity index is 1.97. The molecule has 1 aliphatic rings.